The van der Waals surface area contributed by atoms with Gasteiger partial charge in [-0.3, -0.25) is 0 Å². The Morgan fingerprint density at radius 1 is 0.900 bits per heavy atom. The molecule has 2 nitrogen and oxygen atoms in total. The summed E-state index contributed by atoms with van der Waals surface area (Å²) in [6.45, 7) is 0. The van der Waals surface area contributed by atoms with Crippen molar-refractivity contribution >= 4 is 8.69 Å². The van der Waals surface area contributed by atoms with Crippen LogP contribution in [0.3, 0.4) is 0 Å². The molecule has 0 aromatic heterocycles. The van der Waals surface area contributed by atoms with Crippen LogP contribution < -0.4 is 4.52 Å². The minimum absolute atomic E-state index is 0.228. The molecule has 20 heavy (non-hydrogen) atoms. The lowest BCUT2D eigenvalue weighted by Crippen LogP contribution is -2.11. The Balaban J connectivity index is 2.15. The standard InChI is InChI=1S/C14H10F3O2P/c15-14(16,17)9-10-1-3-11(4-2-10)12-5-7-13(8-6-12)19-20-18/h1-8H,9H2. The van der Waals surface area contributed by atoms with Crippen molar-refractivity contribution < 1.29 is 22.3 Å². The number of rotatable bonds is 4. The highest BCUT2D eigenvalue weighted by atomic mass is 31.1. The van der Waals surface area contributed by atoms with Crippen LogP contribution in [0.1, 0.15) is 5.56 Å². The average Bonchev–Trinajstić information content (AvgIpc) is 2.39. The fourth-order valence-electron chi connectivity index (χ4n) is 1.80. The van der Waals surface area contributed by atoms with Gasteiger partial charge in [-0.25, -0.2) is 4.57 Å². The molecule has 0 spiro atoms. The molecule has 6 heteroatoms. The summed E-state index contributed by atoms with van der Waals surface area (Å²) >= 11 is 0. The maximum Gasteiger partial charge on any atom is 0.395 e. The van der Waals surface area contributed by atoms with E-state index < -0.39 is 21.3 Å². The molecule has 0 aliphatic carbocycles. The van der Waals surface area contributed by atoms with E-state index in [0.29, 0.717) is 5.75 Å². The summed E-state index contributed by atoms with van der Waals surface area (Å²) in [5.74, 6) is 0.458. The summed E-state index contributed by atoms with van der Waals surface area (Å²) in [4.78, 5) is 0. The van der Waals surface area contributed by atoms with E-state index in [-0.39, 0.29) is 5.56 Å². The molecule has 2 aromatic carbocycles. The molecular weight excluding hydrogens is 288 g/mol. The van der Waals surface area contributed by atoms with Gasteiger partial charge in [-0.1, -0.05) is 36.4 Å². The van der Waals surface area contributed by atoms with E-state index in [2.05, 4.69) is 0 Å². The van der Waals surface area contributed by atoms with Crippen LogP contribution in [-0.4, -0.2) is 6.18 Å². The molecule has 0 aliphatic heterocycles. The van der Waals surface area contributed by atoms with Crippen molar-refractivity contribution in [3.8, 4) is 16.9 Å². The molecule has 2 aromatic rings. The summed E-state index contributed by atoms with van der Waals surface area (Å²) in [6.07, 6.45) is -5.12. The van der Waals surface area contributed by atoms with Crippen molar-refractivity contribution in [2.75, 3.05) is 0 Å². The normalized spacial score (nSPS) is 11.6. The van der Waals surface area contributed by atoms with E-state index in [1.165, 1.54) is 12.1 Å². The lowest BCUT2D eigenvalue weighted by atomic mass is 10.0. The van der Waals surface area contributed by atoms with Gasteiger partial charge >= 0.3 is 14.9 Å². The quantitative estimate of drug-likeness (QED) is 0.739. The lowest BCUT2D eigenvalue weighted by Gasteiger charge is -2.07. The first-order chi connectivity index (χ1) is 9.48. The Labute approximate surface area is 115 Å². The zero-order chi connectivity index (χ0) is 14.6. The van der Waals surface area contributed by atoms with Gasteiger partial charge in [-0.05, 0) is 28.8 Å². The second-order valence-corrected chi connectivity index (χ2v) is 4.51. The molecule has 0 radical (unpaired) electrons. The first-order valence-corrected chi connectivity index (χ1v) is 6.47. The molecule has 0 bridgehead atoms. The molecule has 0 N–H and O–H groups in total. The number of hydrogen-bond donors (Lipinski definition) is 0. The minimum atomic E-state index is -4.20. The van der Waals surface area contributed by atoms with E-state index in [0.717, 1.165) is 11.1 Å². The van der Waals surface area contributed by atoms with Gasteiger partial charge in [0.15, 0.2) is 0 Å². The minimum Gasteiger partial charge on any atom is -0.408 e. The second kappa shape index (κ2) is 6.06. The van der Waals surface area contributed by atoms with E-state index in [4.69, 9.17) is 4.52 Å². The zero-order valence-electron chi connectivity index (χ0n) is 10.2. The Morgan fingerprint density at radius 2 is 1.40 bits per heavy atom. The topological polar surface area (TPSA) is 26.3 Å². The van der Waals surface area contributed by atoms with E-state index >= 15 is 0 Å². The molecule has 0 aliphatic rings. The number of halogens is 3. The highest BCUT2D eigenvalue weighted by Gasteiger charge is 2.27. The number of benzene rings is 2. The van der Waals surface area contributed by atoms with E-state index in [9.17, 15) is 17.7 Å². The SMILES string of the molecule is O=POc1ccc(-c2ccc(CC(F)(F)F)cc2)cc1. The van der Waals surface area contributed by atoms with Crippen LogP contribution >= 0.6 is 8.69 Å². The fraction of sp³-hybridized carbons (Fsp3) is 0.143. The van der Waals surface area contributed by atoms with Crippen molar-refractivity contribution in [1.29, 1.82) is 0 Å². The highest BCUT2D eigenvalue weighted by Crippen LogP contribution is 2.26. The van der Waals surface area contributed by atoms with Crippen LogP contribution in [0.4, 0.5) is 13.2 Å². The maximum absolute atomic E-state index is 12.2. The maximum atomic E-state index is 12.2. The Kier molecular flexibility index (Phi) is 4.40. The van der Waals surface area contributed by atoms with Crippen LogP contribution in [0.25, 0.3) is 11.1 Å². The van der Waals surface area contributed by atoms with Gasteiger partial charge in [-0.15, -0.1) is 0 Å². The third-order valence-electron chi connectivity index (χ3n) is 2.69. The van der Waals surface area contributed by atoms with Crippen molar-refractivity contribution in [3.05, 3.63) is 54.1 Å². The molecule has 0 saturated carbocycles. The molecule has 0 atom stereocenters. The van der Waals surface area contributed by atoms with Crippen LogP contribution in [0.15, 0.2) is 48.5 Å². The molecule has 0 amide bonds. The van der Waals surface area contributed by atoms with Gasteiger partial charge in [0.2, 0.25) is 0 Å². The van der Waals surface area contributed by atoms with Gasteiger partial charge in [0.05, 0.1) is 6.42 Å². The zero-order valence-corrected chi connectivity index (χ0v) is 11.1. The van der Waals surface area contributed by atoms with Crippen LogP contribution in [0, 0.1) is 0 Å². The van der Waals surface area contributed by atoms with Crippen LogP contribution in [-0.2, 0) is 11.0 Å². The largest absolute Gasteiger partial charge is 0.408 e. The van der Waals surface area contributed by atoms with Crippen LogP contribution in [0.5, 0.6) is 5.75 Å². The Bertz CT molecular complexity index is 577. The van der Waals surface area contributed by atoms with Gasteiger partial charge < -0.3 is 4.52 Å². The Hall–Kier alpha value is -1.87. The first kappa shape index (κ1) is 14.5. The predicted octanol–water partition coefficient (Wildman–Crippen LogP) is 5.04. The highest BCUT2D eigenvalue weighted by molar-refractivity contribution is 7.17. The molecule has 0 fully saturated rings. The molecule has 0 heterocycles. The third-order valence-corrected chi connectivity index (χ3v) is 2.97. The van der Waals surface area contributed by atoms with Crippen molar-refractivity contribution in [2.45, 2.75) is 12.6 Å². The van der Waals surface area contributed by atoms with E-state index in [1.807, 2.05) is 0 Å². The summed E-state index contributed by atoms with van der Waals surface area (Å²) in [6, 6.07) is 13.0. The van der Waals surface area contributed by atoms with Gasteiger partial charge in [-0.2, -0.15) is 13.2 Å². The fourth-order valence-corrected chi connectivity index (χ4v) is 2.01. The van der Waals surface area contributed by atoms with E-state index in [1.54, 1.807) is 36.4 Å². The smallest absolute Gasteiger partial charge is 0.395 e. The van der Waals surface area contributed by atoms with Crippen molar-refractivity contribution in [2.24, 2.45) is 0 Å². The second-order valence-electron chi connectivity index (χ2n) is 4.18. The predicted molar refractivity (Wildman–Crippen MR) is 69.9 cm³/mol. The van der Waals surface area contributed by atoms with Gasteiger partial charge in [0, 0.05) is 0 Å². The third kappa shape index (κ3) is 4.07. The van der Waals surface area contributed by atoms with Crippen molar-refractivity contribution in [3.63, 3.8) is 0 Å². The number of hydrogen-bond acceptors (Lipinski definition) is 2. The summed E-state index contributed by atoms with van der Waals surface area (Å²) < 4.78 is 51.8. The van der Waals surface area contributed by atoms with Gasteiger partial charge in [0.25, 0.3) is 0 Å². The molecule has 0 saturated heterocycles. The average molecular weight is 298 g/mol. The summed E-state index contributed by atoms with van der Waals surface area (Å²) in [7, 11) is -0.429. The molecule has 104 valence electrons. The first-order valence-electron chi connectivity index (χ1n) is 5.74. The van der Waals surface area contributed by atoms with Crippen molar-refractivity contribution in [1.82, 2.24) is 0 Å². The summed E-state index contributed by atoms with van der Waals surface area (Å²) in [5.41, 5.74) is 1.88. The molecule has 0 unspecified atom stereocenters. The molecule has 2 rings (SSSR count). The van der Waals surface area contributed by atoms with Gasteiger partial charge in [0.1, 0.15) is 5.75 Å². The Morgan fingerprint density at radius 3 is 1.85 bits per heavy atom. The lowest BCUT2D eigenvalue weighted by molar-refractivity contribution is -0.127. The number of alkyl halides is 3. The van der Waals surface area contributed by atoms with Crippen LogP contribution in [0.2, 0.25) is 0 Å². The molecular formula is C14H10F3O2P. The summed E-state index contributed by atoms with van der Waals surface area (Å²) in [5, 5.41) is 0. The monoisotopic (exact) mass is 298 g/mol.